The number of rotatable bonds is 15. The Labute approximate surface area is 630 Å². The average molecular weight is 1510 g/mol. The van der Waals surface area contributed by atoms with Crippen molar-refractivity contribution in [2.45, 2.75) is 267 Å². The minimum absolute atomic E-state index is 0.00986. The van der Waals surface area contributed by atoms with Crippen LogP contribution >= 0.6 is 0 Å². The lowest BCUT2D eigenvalue weighted by Gasteiger charge is -2.51. The molecule has 4 saturated carbocycles. The second-order valence-corrected chi connectivity index (χ2v) is 31.9. The first-order valence-electron chi connectivity index (χ1n) is 39.5. The molecule has 1 spiro atoms. The van der Waals surface area contributed by atoms with Crippen LogP contribution in [0.4, 0.5) is 13.2 Å². The lowest BCUT2D eigenvalue weighted by molar-refractivity contribution is -0.215. The maximum Gasteiger partial charge on any atom is 0.394 e. The van der Waals surface area contributed by atoms with E-state index in [2.05, 4.69) is 10.6 Å². The van der Waals surface area contributed by atoms with E-state index in [0.717, 1.165) is 49.8 Å². The van der Waals surface area contributed by atoms with E-state index in [1.807, 2.05) is 19.1 Å². The molecule has 8 rings (SSSR count). The highest BCUT2D eigenvalue weighted by Gasteiger charge is 2.57. The van der Waals surface area contributed by atoms with E-state index < -0.39 is 180 Å². The second kappa shape index (κ2) is 38.1. The van der Waals surface area contributed by atoms with Gasteiger partial charge in [-0.25, -0.2) is 0 Å². The van der Waals surface area contributed by atoms with Gasteiger partial charge in [-0.3, -0.25) is 57.5 Å². The number of nitrogens with one attached hydrogen (secondary N) is 2. The summed E-state index contributed by atoms with van der Waals surface area (Å²) in [7, 11) is 12.9. The molecule has 602 valence electrons. The summed E-state index contributed by atoms with van der Waals surface area (Å²) in [6, 6.07) is -11.4. The molecule has 14 atom stereocenters. The van der Waals surface area contributed by atoms with E-state index in [1.165, 1.54) is 108 Å². The van der Waals surface area contributed by atoms with Gasteiger partial charge >= 0.3 is 6.18 Å². The highest BCUT2D eigenvalue weighted by Crippen LogP contribution is 2.45. The van der Waals surface area contributed by atoms with Gasteiger partial charge in [-0.1, -0.05) is 77.4 Å². The zero-order valence-electron chi connectivity index (χ0n) is 65.7. The Morgan fingerprint density at radius 1 is 0.645 bits per heavy atom. The van der Waals surface area contributed by atoms with Gasteiger partial charge < -0.3 is 73.8 Å². The average Bonchev–Trinajstić information content (AvgIpc) is 1.72. The molecular formula is C77H123F3N12O15. The standard InChI is InChI=1S/C77H123F3N12O15/c1-14-48(4)64-73(102)90-40-25-32-56(90)70(99)86(9)55-31-21-18-24-39-91(72(55)101)58(41-49-27-19-17-20-28-49)69(98)84(7)46-62(93)81-54(36-34-50-33-35-53(77(78,79)80)61(42-50)105-13)67(96)92-45-52(107-16-3)43-59(92)71(100)89(12)76(37-26-38-76)75(104)88(11)65(51-29-22-23-30-51)74(103)87(10)57(68(97)83(5)6)44-63(94)85(8)60(47-106-15-2)66(95)82-64/h18,21,48-61,64-65H,14-17,19-20,22-47H2,1-13H3,(H,81,93)(H,82,95)/b21-18-/t48-,50?,52+,53?,54-,55-,56-,57-,58-,59-,60-,61?,64-,65-/m0/s1. The van der Waals surface area contributed by atoms with Gasteiger partial charge in [-0.05, 0) is 134 Å². The van der Waals surface area contributed by atoms with Crippen LogP contribution in [0.5, 0.6) is 0 Å². The van der Waals surface area contributed by atoms with Crippen LogP contribution in [0.2, 0.25) is 0 Å². The molecule has 0 aromatic rings. The molecule has 107 heavy (non-hydrogen) atoms. The maximum atomic E-state index is 15.8. The Balaban J connectivity index is 1.21. The van der Waals surface area contributed by atoms with Crippen molar-refractivity contribution in [1.82, 2.24) is 59.6 Å². The molecule has 3 saturated heterocycles. The molecule has 2 bridgehead atoms. The molecule has 0 radical (unpaired) electrons. The van der Waals surface area contributed by atoms with Crippen LogP contribution < -0.4 is 10.6 Å². The minimum atomic E-state index is -4.52. The number of ether oxygens (including phenoxy) is 3. The fourth-order valence-electron chi connectivity index (χ4n) is 18.0. The molecule has 2 N–H and O–H groups in total. The maximum absolute atomic E-state index is 15.8. The summed E-state index contributed by atoms with van der Waals surface area (Å²) in [5.41, 5.74) is -1.55. The van der Waals surface area contributed by atoms with Crippen LogP contribution in [0.3, 0.4) is 0 Å². The normalized spacial score (nSPS) is 31.3. The number of halogens is 3. The van der Waals surface area contributed by atoms with Crippen molar-refractivity contribution >= 4 is 70.9 Å². The molecule has 30 heteroatoms. The zero-order chi connectivity index (χ0) is 78.5. The Bertz CT molecular complexity index is 3180. The number of hydrogen-bond acceptors (Lipinski definition) is 15. The molecule has 7 fully saturated rings. The molecule has 4 aliphatic carbocycles. The quantitative estimate of drug-likeness (QED) is 0.200. The van der Waals surface area contributed by atoms with Gasteiger partial charge in [-0.2, -0.15) is 13.2 Å². The predicted molar refractivity (Wildman–Crippen MR) is 391 cm³/mol. The highest BCUT2D eigenvalue weighted by molar-refractivity contribution is 6.01. The summed E-state index contributed by atoms with van der Waals surface area (Å²) in [5, 5.41) is 5.83. The molecule has 3 unspecified atom stereocenters. The van der Waals surface area contributed by atoms with Gasteiger partial charge in [0.1, 0.15) is 59.9 Å². The predicted octanol–water partition coefficient (Wildman–Crippen LogP) is 5.16. The molecule has 12 amide bonds. The zero-order valence-corrected chi connectivity index (χ0v) is 65.7. The van der Waals surface area contributed by atoms with Crippen LogP contribution in [-0.4, -0.2) is 308 Å². The number of amides is 12. The number of methoxy groups -OCH3 is 1. The van der Waals surface area contributed by atoms with E-state index >= 15 is 38.4 Å². The smallest absolute Gasteiger partial charge is 0.381 e. The molecular weight excluding hydrogens is 1390 g/mol. The summed E-state index contributed by atoms with van der Waals surface area (Å²) in [5.74, 6) is -10.7. The van der Waals surface area contributed by atoms with Crippen molar-refractivity contribution in [3.8, 4) is 0 Å². The Morgan fingerprint density at radius 3 is 1.94 bits per heavy atom. The largest absolute Gasteiger partial charge is 0.394 e. The third kappa shape index (κ3) is 19.8. The molecule has 0 aromatic carbocycles. The van der Waals surface area contributed by atoms with E-state index in [1.54, 1.807) is 20.8 Å². The van der Waals surface area contributed by atoms with Crippen LogP contribution in [0, 0.1) is 29.6 Å². The lowest BCUT2D eigenvalue weighted by atomic mass is 9.73. The SMILES string of the molecule is CCOC[C@H]1C(=O)N[C@@H]([C@@H](C)CC)C(=O)N2CCC[C@H]2C(=O)N(C)[C@H]2C/C=C\CCN(C2=O)[C@@H](CC2CCCCC2)C(=O)N(C)CC(=O)N[C@@H](CCC2CCC(C(F)(F)F)C(OC)C2)C(=O)N2C[C@H](OCC)C[C@H]2C(=O)N(C)C2(CCC2)C(=O)N(C)[C@@H](C2CCCC2)C(=O)N(C)[C@H](C(=O)N(C)C)CC(=O)N1C. The number of alkyl halides is 3. The lowest BCUT2D eigenvalue weighted by Crippen LogP contribution is -2.68. The molecule has 27 nitrogen and oxygen atoms in total. The van der Waals surface area contributed by atoms with Gasteiger partial charge in [0.05, 0.1) is 37.7 Å². The third-order valence-corrected chi connectivity index (χ3v) is 25.0. The van der Waals surface area contributed by atoms with Gasteiger partial charge in [-0.15, -0.1) is 0 Å². The summed E-state index contributed by atoms with van der Waals surface area (Å²) >= 11 is 0. The van der Waals surface area contributed by atoms with Crippen molar-refractivity contribution in [2.75, 3.05) is 109 Å². The first-order valence-corrected chi connectivity index (χ1v) is 39.5. The molecule has 8 aliphatic rings. The topological polar surface area (TPSA) is 289 Å². The third-order valence-electron chi connectivity index (χ3n) is 25.0. The van der Waals surface area contributed by atoms with Crippen molar-refractivity contribution in [2.24, 2.45) is 29.6 Å². The molecule has 0 aromatic heterocycles. The van der Waals surface area contributed by atoms with E-state index in [4.69, 9.17) is 14.2 Å². The Morgan fingerprint density at radius 2 is 1.33 bits per heavy atom. The van der Waals surface area contributed by atoms with Gasteiger partial charge in [0.2, 0.25) is 70.9 Å². The van der Waals surface area contributed by atoms with Crippen LogP contribution in [0.25, 0.3) is 0 Å². The van der Waals surface area contributed by atoms with Gasteiger partial charge in [0.15, 0.2) is 0 Å². The van der Waals surface area contributed by atoms with Crippen LogP contribution in [0.1, 0.15) is 188 Å². The summed E-state index contributed by atoms with van der Waals surface area (Å²) < 4.78 is 60.5. The van der Waals surface area contributed by atoms with Crippen molar-refractivity contribution in [3.63, 3.8) is 0 Å². The first kappa shape index (κ1) is 85.7. The first-order chi connectivity index (χ1) is 50.8. The fourth-order valence-corrected chi connectivity index (χ4v) is 18.0. The summed E-state index contributed by atoms with van der Waals surface area (Å²) in [6.07, 6.45) is 6.04. The number of carbonyl (C=O) groups is 12. The molecule has 4 aliphatic heterocycles. The van der Waals surface area contributed by atoms with Gasteiger partial charge in [0, 0.05) is 103 Å². The van der Waals surface area contributed by atoms with Crippen LogP contribution in [0.15, 0.2) is 12.2 Å². The van der Waals surface area contributed by atoms with Crippen LogP contribution in [-0.2, 0) is 71.7 Å². The number of hydrogen-bond donors (Lipinski definition) is 2. The monoisotopic (exact) mass is 1510 g/mol. The van der Waals surface area contributed by atoms with E-state index in [-0.39, 0.29) is 122 Å². The second-order valence-electron chi connectivity index (χ2n) is 31.9. The number of carbonyl (C=O) groups excluding carboxylic acids is 12. The summed E-state index contributed by atoms with van der Waals surface area (Å²) in [6.45, 7) is 6.55. The Hall–Kier alpha value is -6.95. The van der Waals surface area contributed by atoms with Gasteiger partial charge in [0.25, 0.3) is 0 Å². The summed E-state index contributed by atoms with van der Waals surface area (Å²) in [4.78, 5) is 197. The minimum Gasteiger partial charge on any atom is -0.381 e. The van der Waals surface area contributed by atoms with Crippen molar-refractivity contribution in [1.29, 1.82) is 0 Å². The van der Waals surface area contributed by atoms with Crippen molar-refractivity contribution < 1.29 is 84.9 Å². The number of fused-ring (bicyclic) bond motifs is 4. The fraction of sp³-hybridized carbons (Fsp3) is 0.818. The van der Waals surface area contributed by atoms with E-state index in [9.17, 15) is 32.3 Å². The van der Waals surface area contributed by atoms with E-state index in [0.29, 0.717) is 38.5 Å². The number of likely N-dealkylation sites (N-methyl/N-ethyl adjacent to an activating group) is 7. The highest BCUT2D eigenvalue weighted by atomic mass is 19.4. The molecule has 4 heterocycles. The van der Waals surface area contributed by atoms with Crippen molar-refractivity contribution in [3.05, 3.63) is 12.2 Å². The Kier molecular flexibility index (Phi) is 30.5. The number of nitrogens with zero attached hydrogens (tertiary/aromatic N) is 10.